The van der Waals surface area contributed by atoms with Crippen LogP contribution in [0.1, 0.15) is 24.4 Å². The molecule has 0 aromatic heterocycles. The van der Waals surface area contributed by atoms with E-state index in [1.165, 1.54) is 16.3 Å². The Morgan fingerprint density at radius 3 is 2.35 bits per heavy atom. The highest BCUT2D eigenvalue weighted by atomic mass is 16.5. The molecule has 3 aromatic carbocycles. The SMILES string of the molecule is [CH2]CC[N+](C)(C)[C@@H](CCOc1cccc2ccccc12)c1ccccc1. The molecule has 0 aliphatic carbocycles. The van der Waals surface area contributed by atoms with Gasteiger partial charge in [0.25, 0.3) is 0 Å². The molecule has 3 aromatic rings. The average molecular weight is 348 g/mol. The van der Waals surface area contributed by atoms with Crippen molar-refractivity contribution in [2.75, 3.05) is 27.2 Å². The lowest BCUT2D eigenvalue weighted by Crippen LogP contribution is -2.44. The summed E-state index contributed by atoms with van der Waals surface area (Å²) in [6.45, 7) is 5.81. The summed E-state index contributed by atoms with van der Waals surface area (Å²) in [6.07, 6.45) is 1.90. The summed E-state index contributed by atoms with van der Waals surface area (Å²) in [5, 5.41) is 2.40. The quantitative estimate of drug-likeness (QED) is 0.478. The molecule has 0 saturated carbocycles. The molecule has 0 bridgehead atoms. The highest BCUT2D eigenvalue weighted by molar-refractivity contribution is 5.88. The molecule has 26 heavy (non-hydrogen) atoms. The highest BCUT2D eigenvalue weighted by Gasteiger charge is 2.29. The number of benzene rings is 3. The first kappa shape index (κ1) is 18.5. The standard InChI is InChI=1S/C24H29NO/c1-4-18-25(2,3)23(21-12-6-5-7-13-21)17-19-26-24-16-10-14-20-11-8-9-15-22(20)24/h5-16,23H,1,4,17-19H2,2-3H3/q+1/t23-/m0/s1. The van der Waals surface area contributed by atoms with E-state index in [1.54, 1.807) is 0 Å². The number of nitrogens with zero attached hydrogens (tertiary/aromatic N) is 1. The van der Waals surface area contributed by atoms with E-state index in [4.69, 9.17) is 4.74 Å². The minimum atomic E-state index is 0.396. The number of rotatable bonds is 8. The second-order valence-electron chi connectivity index (χ2n) is 7.40. The van der Waals surface area contributed by atoms with Crippen LogP contribution in [0.5, 0.6) is 5.75 Å². The minimum absolute atomic E-state index is 0.396. The van der Waals surface area contributed by atoms with Crippen molar-refractivity contribution < 1.29 is 9.22 Å². The Balaban J connectivity index is 1.75. The normalized spacial score (nSPS) is 12.9. The number of fused-ring (bicyclic) bond motifs is 1. The molecule has 0 amide bonds. The van der Waals surface area contributed by atoms with E-state index in [0.717, 1.165) is 29.6 Å². The molecule has 0 aliphatic heterocycles. The van der Waals surface area contributed by atoms with E-state index in [2.05, 4.69) is 93.8 Å². The fraction of sp³-hybridized carbons (Fsp3) is 0.292. The van der Waals surface area contributed by atoms with Crippen LogP contribution in [0.4, 0.5) is 0 Å². The summed E-state index contributed by atoms with van der Waals surface area (Å²) >= 11 is 0. The van der Waals surface area contributed by atoms with Crippen molar-refractivity contribution in [3.8, 4) is 5.75 Å². The van der Waals surface area contributed by atoms with Crippen LogP contribution in [0, 0.1) is 6.92 Å². The Labute approximate surface area is 157 Å². The summed E-state index contributed by atoms with van der Waals surface area (Å²) in [5.74, 6) is 0.970. The van der Waals surface area contributed by atoms with Crippen molar-refractivity contribution in [1.29, 1.82) is 0 Å². The molecule has 2 heteroatoms. The molecule has 1 radical (unpaired) electrons. The van der Waals surface area contributed by atoms with E-state index < -0.39 is 0 Å². The van der Waals surface area contributed by atoms with Crippen LogP contribution in [0.2, 0.25) is 0 Å². The molecule has 0 N–H and O–H groups in total. The topological polar surface area (TPSA) is 9.23 Å². The van der Waals surface area contributed by atoms with Gasteiger partial charge >= 0.3 is 0 Å². The smallest absolute Gasteiger partial charge is 0.127 e. The Morgan fingerprint density at radius 1 is 0.885 bits per heavy atom. The van der Waals surface area contributed by atoms with E-state index in [1.807, 2.05) is 0 Å². The molecule has 2 nitrogen and oxygen atoms in total. The third-order valence-corrected chi connectivity index (χ3v) is 5.16. The molecule has 0 fully saturated rings. The van der Waals surface area contributed by atoms with Gasteiger partial charge in [-0.05, 0) is 24.8 Å². The third kappa shape index (κ3) is 4.25. The first-order valence-electron chi connectivity index (χ1n) is 9.39. The number of hydrogen-bond acceptors (Lipinski definition) is 1. The Hall–Kier alpha value is -2.32. The van der Waals surface area contributed by atoms with Gasteiger partial charge in [-0.25, -0.2) is 0 Å². The third-order valence-electron chi connectivity index (χ3n) is 5.16. The van der Waals surface area contributed by atoms with Crippen molar-refractivity contribution in [3.63, 3.8) is 0 Å². The van der Waals surface area contributed by atoms with Crippen molar-refractivity contribution in [3.05, 3.63) is 85.3 Å². The lowest BCUT2D eigenvalue weighted by Gasteiger charge is -2.38. The maximum absolute atomic E-state index is 6.22. The van der Waals surface area contributed by atoms with E-state index in [9.17, 15) is 0 Å². The van der Waals surface area contributed by atoms with Gasteiger partial charge in [0.2, 0.25) is 0 Å². The zero-order valence-electron chi connectivity index (χ0n) is 15.9. The van der Waals surface area contributed by atoms with Gasteiger partial charge in [0.15, 0.2) is 0 Å². The maximum Gasteiger partial charge on any atom is 0.127 e. The van der Waals surface area contributed by atoms with Crippen molar-refractivity contribution in [2.24, 2.45) is 0 Å². The number of hydrogen-bond donors (Lipinski definition) is 0. The molecule has 0 unspecified atom stereocenters. The molecule has 135 valence electrons. The Bertz CT molecular complexity index is 820. The van der Waals surface area contributed by atoms with Crippen LogP contribution in [-0.2, 0) is 0 Å². The minimum Gasteiger partial charge on any atom is -0.493 e. The maximum atomic E-state index is 6.22. The zero-order valence-corrected chi connectivity index (χ0v) is 15.9. The van der Waals surface area contributed by atoms with Crippen LogP contribution < -0.4 is 4.74 Å². The zero-order chi connectivity index (χ0) is 18.4. The Kier molecular flexibility index (Phi) is 5.95. The van der Waals surface area contributed by atoms with Gasteiger partial charge in [0, 0.05) is 17.4 Å². The van der Waals surface area contributed by atoms with E-state index in [-0.39, 0.29) is 0 Å². The predicted octanol–water partition coefficient (Wildman–Crippen LogP) is 5.65. The van der Waals surface area contributed by atoms with Crippen LogP contribution in [0.3, 0.4) is 0 Å². The van der Waals surface area contributed by atoms with Crippen LogP contribution in [0.25, 0.3) is 10.8 Å². The fourth-order valence-electron chi connectivity index (χ4n) is 3.76. The second-order valence-corrected chi connectivity index (χ2v) is 7.40. The van der Waals surface area contributed by atoms with Crippen LogP contribution in [0.15, 0.2) is 72.8 Å². The Morgan fingerprint density at radius 2 is 1.58 bits per heavy atom. The molecular weight excluding hydrogens is 318 g/mol. The highest BCUT2D eigenvalue weighted by Crippen LogP contribution is 2.30. The monoisotopic (exact) mass is 347 g/mol. The van der Waals surface area contributed by atoms with Crippen molar-refractivity contribution >= 4 is 10.8 Å². The summed E-state index contributed by atoms with van der Waals surface area (Å²) in [5.41, 5.74) is 1.37. The van der Waals surface area contributed by atoms with Gasteiger partial charge in [0.05, 0.1) is 27.2 Å². The summed E-state index contributed by atoms with van der Waals surface area (Å²) in [6, 6.07) is 25.8. The second kappa shape index (κ2) is 8.37. The van der Waals surface area contributed by atoms with Gasteiger partial charge in [-0.15, -0.1) is 0 Å². The van der Waals surface area contributed by atoms with Crippen molar-refractivity contribution in [1.82, 2.24) is 0 Å². The van der Waals surface area contributed by atoms with Gasteiger partial charge in [-0.1, -0.05) is 66.7 Å². The van der Waals surface area contributed by atoms with Gasteiger partial charge < -0.3 is 9.22 Å². The molecule has 3 rings (SSSR count). The summed E-state index contributed by atoms with van der Waals surface area (Å²) in [7, 11) is 4.58. The van der Waals surface area contributed by atoms with Gasteiger partial charge in [-0.2, -0.15) is 0 Å². The average Bonchev–Trinajstić information content (AvgIpc) is 2.66. The number of ether oxygens (including phenoxy) is 1. The van der Waals surface area contributed by atoms with E-state index >= 15 is 0 Å². The fourth-order valence-corrected chi connectivity index (χ4v) is 3.76. The van der Waals surface area contributed by atoms with Crippen LogP contribution >= 0.6 is 0 Å². The van der Waals surface area contributed by atoms with Crippen LogP contribution in [-0.4, -0.2) is 31.7 Å². The number of quaternary nitrogens is 1. The van der Waals surface area contributed by atoms with Crippen molar-refractivity contribution in [2.45, 2.75) is 18.9 Å². The lowest BCUT2D eigenvalue weighted by molar-refractivity contribution is -0.921. The predicted molar refractivity (Wildman–Crippen MR) is 110 cm³/mol. The largest absolute Gasteiger partial charge is 0.493 e. The molecular formula is C24H29NO+. The molecule has 0 heterocycles. The molecule has 0 saturated heterocycles. The first-order chi connectivity index (χ1) is 12.6. The molecule has 0 spiro atoms. The van der Waals surface area contributed by atoms with E-state index in [0.29, 0.717) is 12.6 Å². The summed E-state index contributed by atoms with van der Waals surface area (Å²) < 4.78 is 7.14. The first-order valence-corrected chi connectivity index (χ1v) is 9.39. The van der Waals surface area contributed by atoms with Gasteiger partial charge in [0.1, 0.15) is 11.8 Å². The lowest BCUT2D eigenvalue weighted by atomic mass is 10.0. The summed E-state index contributed by atoms with van der Waals surface area (Å²) in [4.78, 5) is 0. The molecule has 1 atom stereocenters. The molecule has 0 aliphatic rings. The van der Waals surface area contributed by atoms with Gasteiger partial charge in [-0.3, -0.25) is 0 Å².